The number of carbonyl (C=O) groups excluding carboxylic acids is 2. The summed E-state index contributed by atoms with van der Waals surface area (Å²) < 4.78 is 12.3. The third-order valence-corrected chi connectivity index (χ3v) is 7.07. The molecule has 1 N–H and O–H groups in total. The molecule has 3 heterocycles. The number of carbonyl (C=O) groups is 2. The van der Waals surface area contributed by atoms with Crippen molar-refractivity contribution < 1.29 is 19.1 Å². The molecule has 10 nitrogen and oxygen atoms in total. The van der Waals surface area contributed by atoms with Gasteiger partial charge in [0.05, 0.1) is 25.4 Å². The van der Waals surface area contributed by atoms with E-state index in [1.165, 1.54) is 18.4 Å². The van der Waals surface area contributed by atoms with Crippen LogP contribution in [0.15, 0.2) is 84.5 Å². The highest BCUT2D eigenvalue weighted by Gasteiger charge is 2.33. The highest BCUT2D eigenvalue weighted by molar-refractivity contribution is 7.10. The van der Waals surface area contributed by atoms with E-state index < -0.39 is 6.04 Å². The first-order valence-corrected chi connectivity index (χ1v) is 13.0. The van der Waals surface area contributed by atoms with Crippen LogP contribution in [-0.4, -0.2) is 50.9 Å². The Labute approximate surface area is 228 Å². The maximum absolute atomic E-state index is 14.0. The van der Waals surface area contributed by atoms with Crippen LogP contribution in [0.3, 0.4) is 0 Å². The third kappa shape index (κ3) is 5.73. The lowest BCUT2D eigenvalue weighted by molar-refractivity contribution is -0.140. The second-order valence-electron chi connectivity index (χ2n) is 8.59. The number of hydrogen-bond acceptors (Lipinski definition) is 8. The maximum Gasteiger partial charge on any atom is 0.252 e. The molecule has 0 aliphatic heterocycles. The molecule has 0 unspecified atom stereocenters. The van der Waals surface area contributed by atoms with E-state index in [0.717, 1.165) is 11.1 Å². The molecular formula is C28H26N6O4S. The number of nitrogens with zero attached hydrogens (tertiary/aromatic N) is 5. The minimum absolute atomic E-state index is 0.0954. The minimum Gasteiger partial charge on any atom is -0.497 e. The maximum atomic E-state index is 14.0. The van der Waals surface area contributed by atoms with Crippen LogP contribution in [0, 0.1) is 0 Å². The van der Waals surface area contributed by atoms with Gasteiger partial charge in [-0.15, -0.1) is 16.4 Å². The standard InChI is InChI=1S/C28H26N6O4S/c1-37-20-11-12-22(24(15-20)38-2)30-28(36)27(25-10-6-14-39-25)33(17-19-7-5-13-29-16-19)26(35)18-34-23-9-4-3-8-21(23)31-32-34/h3-16,27H,17-18H2,1-2H3,(H,30,36)/t27-/m1/s1. The summed E-state index contributed by atoms with van der Waals surface area (Å²) in [6.07, 6.45) is 3.34. The fraction of sp³-hybridized carbons (Fsp3) is 0.179. The van der Waals surface area contributed by atoms with Crippen LogP contribution in [0.2, 0.25) is 0 Å². The minimum atomic E-state index is -0.931. The number of para-hydroxylation sites is 1. The van der Waals surface area contributed by atoms with Gasteiger partial charge in [-0.2, -0.15) is 0 Å². The monoisotopic (exact) mass is 542 g/mol. The van der Waals surface area contributed by atoms with E-state index in [9.17, 15) is 9.59 Å². The van der Waals surface area contributed by atoms with Gasteiger partial charge >= 0.3 is 0 Å². The molecule has 0 aliphatic rings. The second-order valence-corrected chi connectivity index (χ2v) is 9.57. The van der Waals surface area contributed by atoms with Crippen molar-refractivity contribution in [2.75, 3.05) is 19.5 Å². The van der Waals surface area contributed by atoms with E-state index in [-0.39, 0.29) is 24.9 Å². The van der Waals surface area contributed by atoms with Gasteiger partial charge in [-0.3, -0.25) is 14.6 Å². The lowest BCUT2D eigenvalue weighted by Gasteiger charge is -2.31. The second kappa shape index (κ2) is 11.7. The molecule has 5 aromatic rings. The third-order valence-electron chi connectivity index (χ3n) is 6.14. The summed E-state index contributed by atoms with van der Waals surface area (Å²) in [7, 11) is 3.07. The zero-order valence-electron chi connectivity index (χ0n) is 21.4. The Morgan fingerprint density at radius 3 is 2.67 bits per heavy atom. The topological polar surface area (TPSA) is 111 Å². The van der Waals surface area contributed by atoms with Gasteiger partial charge in [-0.1, -0.05) is 29.5 Å². The number of pyridine rings is 1. The Hall–Kier alpha value is -4.77. The molecule has 1 atom stereocenters. The number of aromatic nitrogens is 4. The van der Waals surface area contributed by atoms with Crippen molar-refractivity contribution in [3.63, 3.8) is 0 Å². The summed E-state index contributed by atoms with van der Waals surface area (Å²) in [4.78, 5) is 34.4. The van der Waals surface area contributed by atoms with Crippen molar-refractivity contribution in [2.24, 2.45) is 0 Å². The number of rotatable bonds is 10. The molecule has 11 heteroatoms. The molecule has 0 bridgehead atoms. The van der Waals surface area contributed by atoms with Crippen LogP contribution in [0.1, 0.15) is 16.5 Å². The lowest BCUT2D eigenvalue weighted by Crippen LogP contribution is -2.42. The number of amides is 2. The van der Waals surface area contributed by atoms with E-state index in [4.69, 9.17) is 9.47 Å². The lowest BCUT2D eigenvalue weighted by atomic mass is 10.1. The molecule has 0 spiro atoms. The molecule has 0 saturated heterocycles. The summed E-state index contributed by atoms with van der Waals surface area (Å²) in [5.41, 5.74) is 2.65. The average molecular weight is 543 g/mol. The molecule has 39 heavy (non-hydrogen) atoms. The van der Waals surface area contributed by atoms with E-state index >= 15 is 0 Å². The van der Waals surface area contributed by atoms with Crippen LogP contribution >= 0.6 is 11.3 Å². The summed E-state index contributed by atoms with van der Waals surface area (Å²) in [6.45, 7) is 0.0663. The van der Waals surface area contributed by atoms with Gasteiger partial charge < -0.3 is 19.7 Å². The average Bonchev–Trinajstić information content (AvgIpc) is 3.64. The first kappa shape index (κ1) is 25.9. The molecule has 5 rings (SSSR count). The Morgan fingerprint density at radius 2 is 1.92 bits per heavy atom. The van der Waals surface area contributed by atoms with E-state index in [0.29, 0.717) is 27.6 Å². The first-order valence-electron chi connectivity index (χ1n) is 12.1. The van der Waals surface area contributed by atoms with Crippen molar-refractivity contribution in [3.8, 4) is 11.5 Å². The molecule has 3 aromatic heterocycles. The van der Waals surface area contributed by atoms with Gasteiger partial charge in [0.15, 0.2) is 0 Å². The van der Waals surface area contributed by atoms with Crippen LogP contribution in [-0.2, 0) is 22.7 Å². The number of fused-ring (bicyclic) bond motifs is 1. The molecule has 0 saturated carbocycles. The van der Waals surface area contributed by atoms with E-state index in [1.54, 1.807) is 53.4 Å². The fourth-order valence-electron chi connectivity index (χ4n) is 4.24. The van der Waals surface area contributed by atoms with Crippen molar-refractivity contribution in [1.82, 2.24) is 24.9 Å². The van der Waals surface area contributed by atoms with Crippen LogP contribution in [0.4, 0.5) is 5.69 Å². The molecule has 0 aliphatic carbocycles. The summed E-state index contributed by atoms with van der Waals surface area (Å²) in [5.74, 6) is 0.339. The van der Waals surface area contributed by atoms with Gasteiger partial charge in [0, 0.05) is 29.9 Å². The molecular weight excluding hydrogens is 516 g/mol. The van der Waals surface area contributed by atoms with Crippen LogP contribution in [0.25, 0.3) is 11.0 Å². The van der Waals surface area contributed by atoms with Crippen LogP contribution < -0.4 is 14.8 Å². The SMILES string of the molecule is COc1ccc(NC(=O)[C@@H](c2cccs2)N(Cc2cccnc2)C(=O)Cn2nnc3ccccc32)c(OC)c1. The molecule has 0 radical (unpaired) electrons. The quantitative estimate of drug-likeness (QED) is 0.280. The van der Waals surface area contributed by atoms with Gasteiger partial charge in [-0.25, -0.2) is 4.68 Å². The number of hydrogen-bond donors (Lipinski definition) is 1. The normalized spacial score (nSPS) is 11.6. The Bertz CT molecular complexity index is 1570. The number of anilines is 1. The molecule has 198 valence electrons. The summed E-state index contributed by atoms with van der Waals surface area (Å²) >= 11 is 1.40. The number of benzene rings is 2. The van der Waals surface area contributed by atoms with Crippen molar-refractivity contribution >= 4 is 39.9 Å². The Morgan fingerprint density at radius 1 is 1.05 bits per heavy atom. The van der Waals surface area contributed by atoms with Gasteiger partial charge in [0.1, 0.15) is 29.6 Å². The van der Waals surface area contributed by atoms with Crippen molar-refractivity contribution in [1.29, 1.82) is 0 Å². The van der Waals surface area contributed by atoms with Crippen molar-refractivity contribution in [3.05, 3.63) is 94.9 Å². The van der Waals surface area contributed by atoms with Gasteiger partial charge in [-0.05, 0) is 47.3 Å². The van der Waals surface area contributed by atoms with Crippen LogP contribution in [0.5, 0.6) is 11.5 Å². The van der Waals surface area contributed by atoms with E-state index in [2.05, 4.69) is 20.6 Å². The first-order chi connectivity index (χ1) is 19.1. The smallest absolute Gasteiger partial charge is 0.252 e. The van der Waals surface area contributed by atoms with E-state index in [1.807, 2.05) is 47.8 Å². The predicted octanol–water partition coefficient (Wildman–Crippen LogP) is 4.31. The highest BCUT2D eigenvalue weighted by Crippen LogP contribution is 2.33. The van der Waals surface area contributed by atoms with Gasteiger partial charge in [0.2, 0.25) is 5.91 Å². The highest BCUT2D eigenvalue weighted by atomic mass is 32.1. The predicted molar refractivity (Wildman–Crippen MR) is 148 cm³/mol. The number of methoxy groups -OCH3 is 2. The zero-order valence-corrected chi connectivity index (χ0v) is 22.2. The largest absolute Gasteiger partial charge is 0.497 e. The number of thiophene rings is 1. The van der Waals surface area contributed by atoms with Crippen molar-refractivity contribution in [2.45, 2.75) is 19.1 Å². The summed E-state index contributed by atoms with van der Waals surface area (Å²) in [6, 6.07) is 19.0. The fourth-order valence-corrected chi connectivity index (χ4v) is 5.07. The zero-order chi connectivity index (χ0) is 27.2. The number of nitrogens with one attached hydrogen (secondary N) is 1. The Kier molecular flexibility index (Phi) is 7.78. The Balaban J connectivity index is 1.51. The van der Waals surface area contributed by atoms with Gasteiger partial charge in [0.25, 0.3) is 5.91 Å². The molecule has 0 fully saturated rings. The number of ether oxygens (including phenoxy) is 2. The molecule has 2 amide bonds. The molecule has 2 aromatic carbocycles. The summed E-state index contributed by atoms with van der Waals surface area (Å²) in [5, 5.41) is 13.2.